The van der Waals surface area contributed by atoms with E-state index in [1.165, 1.54) is 0 Å². The number of amides is 1. The van der Waals surface area contributed by atoms with Gasteiger partial charge in [0.15, 0.2) is 0 Å². The zero-order chi connectivity index (χ0) is 34.5. The van der Waals surface area contributed by atoms with Crippen LogP contribution in [-0.4, -0.2) is 58.4 Å². The smallest absolute Gasteiger partial charge is 0.237 e. The number of hydrogen-bond acceptors (Lipinski definition) is 9. The van der Waals surface area contributed by atoms with Gasteiger partial charge in [-0.3, -0.25) is 19.6 Å². The van der Waals surface area contributed by atoms with Gasteiger partial charge in [0.2, 0.25) is 17.7 Å². The van der Waals surface area contributed by atoms with Gasteiger partial charge in [0.1, 0.15) is 17.2 Å². The molecule has 3 atom stereocenters. The van der Waals surface area contributed by atoms with Gasteiger partial charge >= 0.3 is 0 Å². The Kier molecular flexibility index (Phi) is 11.1. The minimum Gasteiger partial charge on any atom is -0.480 e. The second kappa shape index (κ2) is 15.6. The molecule has 6 rings (SSSR count). The maximum Gasteiger partial charge on any atom is 0.237 e. The number of nitrogens with one attached hydrogen (secondary N) is 2. The molecule has 3 heterocycles. The highest BCUT2D eigenvalue weighted by Gasteiger charge is 2.29. The van der Waals surface area contributed by atoms with Crippen molar-refractivity contribution in [3.05, 3.63) is 70.2 Å². The van der Waals surface area contributed by atoms with Crippen LogP contribution in [-0.2, 0) is 22.6 Å². The van der Waals surface area contributed by atoms with Crippen molar-refractivity contribution in [3.63, 3.8) is 0 Å². The molecular weight excluding hydrogens is 663 g/mol. The quantitative estimate of drug-likeness (QED) is 0.153. The van der Waals surface area contributed by atoms with E-state index in [1.807, 2.05) is 43.3 Å². The summed E-state index contributed by atoms with van der Waals surface area (Å²) >= 11 is 14.1. The number of Topliss-reactive ketones (excluding diaryl/α,β-unsaturated/α-hetero) is 1. The van der Waals surface area contributed by atoms with Gasteiger partial charge in [-0.1, -0.05) is 66.5 Å². The van der Waals surface area contributed by atoms with Crippen molar-refractivity contribution in [3.8, 4) is 45.4 Å². The first-order chi connectivity index (χ1) is 23.7. The Balaban J connectivity index is 1.19. The van der Waals surface area contributed by atoms with Crippen LogP contribution < -0.4 is 20.1 Å². The number of ketones is 1. The van der Waals surface area contributed by atoms with E-state index < -0.39 is 0 Å². The van der Waals surface area contributed by atoms with Gasteiger partial charge in [0.25, 0.3) is 0 Å². The van der Waals surface area contributed by atoms with Gasteiger partial charge in [0.05, 0.1) is 48.0 Å². The van der Waals surface area contributed by atoms with E-state index >= 15 is 0 Å². The summed E-state index contributed by atoms with van der Waals surface area (Å²) in [5.74, 6) is 1.79. The molecule has 1 saturated heterocycles. The van der Waals surface area contributed by atoms with Crippen LogP contribution in [0.1, 0.15) is 56.8 Å². The highest BCUT2D eigenvalue weighted by Crippen LogP contribution is 2.42. The SMILES string of the molecule is COc1nc(-c2cccc(-c3cccc(-c4cnc(CNC[C@H]5CC(=O)C(C)C5)c(OC)n4)c3Cl)c2Cl)cnc1CCC[C@@H]1CCC(=O)N1. The lowest BCUT2D eigenvalue weighted by molar-refractivity contribution is -0.120. The molecule has 1 aliphatic carbocycles. The Hall–Kier alpha value is -4.12. The standard InChI is InChI=1S/C37H40Cl2N6O4/c1-21-15-22(16-32(21)46)17-40-18-31-37(49-3)45-30(20-42-31)27-11-6-9-25(35(27)39)24-8-5-10-26(34(24)38)29-19-41-28(36(44-29)48-2)12-4-7-23-13-14-33(47)43-23/h5-6,8-11,19-23,40H,4,7,12-18H2,1-3H3,(H,43,47)/t21?,22-,23-/m1/s1. The molecule has 256 valence electrons. The van der Waals surface area contributed by atoms with Crippen molar-refractivity contribution >= 4 is 34.9 Å². The number of hydrogen-bond donors (Lipinski definition) is 2. The molecule has 1 aliphatic heterocycles. The maximum atomic E-state index is 11.9. The molecule has 49 heavy (non-hydrogen) atoms. The lowest BCUT2D eigenvalue weighted by Crippen LogP contribution is -2.25. The van der Waals surface area contributed by atoms with E-state index in [0.29, 0.717) is 87.5 Å². The highest BCUT2D eigenvalue weighted by molar-refractivity contribution is 6.39. The van der Waals surface area contributed by atoms with E-state index in [4.69, 9.17) is 42.6 Å². The van der Waals surface area contributed by atoms with Gasteiger partial charge in [-0.15, -0.1) is 0 Å². The van der Waals surface area contributed by atoms with Gasteiger partial charge in [-0.05, 0) is 44.6 Å². The number of carbonyl (C=O) groups excluding carboxylic acids is 2. The van der Waals surface area contributed by atoms with Crippen LogP contribution in [0.2, 0.25) is 10.0 Å². The third kappa shape index (κ3) is 7.87. The lowest BCUT2D eigenvalue weighted by atomic mass is 9.98. The minimum atomic E-state index is 0.121. The second-order valence-electron chi connectivity index (χ2n) is 12.8. The Morgan fingerprint density at radius 3 is 2.02 bits per heavy atom. The van der Waals surface area contributed by atoms with Crippen molar-refractivity contribution in [2.45, 2.75) is 64.5 Å². The van der Waals surface area contributed by atoms with E-state index in [-0.39, 0.29) is 17.9 Å². The normalized spacial score (nSPS) is 18.9. The molecular formula is C37H40Cl2N6O4. The molecule has 10 nitrogen and oxygen atoms in total. The molecule has 1 amide bonds. The number of benzene rings is 2. The van der Waals surface area contributed by atoms with E-state index in [1.54, 1.807) is 26.6 Å². The van der Waals surface area contributed by atoms with Crippen molar-refractivity contribution in [2.24, 2.45) is 11.8 Å². The average molecular weight is 704 g/mol. The summed E-state index contributed by atoms with van der Waals surface area (Å²) in [6, 6.07) is 11.6. The van der Waals surface area contributed by atoms with Crippen LogP contribution in [0.4, 0.5) is 0 Å². The summed E-state index contributed by atoms with van der Waals surface area (Å²) in [6.45, 7) is 3.21. The highest BCUT2D eigenvalue weighted by atomic mass is 35.5. The Morgan fingerprint density at radius 2 is 1.47 bits per heavy atom. The minimum absolute atomic E-state index is 0.121. The largest absolute Gasteiger partial charge is 0.480 e. The zero-order valence-corrected chi connectivity index (χ0v) is 29.4. The van der Waals surface area contributed by atoms with Crippen LogP contribution in [0, 0.1) is 11.8 Å². The summed E-state index contributed by atoms with van der Waals surface area (Å²) < 4.78 is 11.2. The Morgan fingerprint density at radius 1 is 0.878 bits per heavy atom. The average Bonchev–Trinajstić information content (AvgIpc) is 3.67. The molecule has 2 N–H and O–H groups in total. The molecule has 4 aromatic rings. The van der Waals surface area contributed by atoms with Gasteiger partial charge in [-0.2, -0.15) is 0 Å². The molecule has 2 aromatic heterocycles. The zero-order valence-electron chi connectivity index (χ0n) is 27.9. The molecule has 2 aromatic carbocycles. The molecule has 2 aliphatic rings. The van der Waals surface area contributed by atoms with Crippen LogP contribution in [0.5, 0.6) is 11.8 Å². The van der Waals surface area contributed by atoms with Gasteiger partial charge < -0.3 is 20.1 Å². The fraction of sp³-hybridized carbons (Fsp3) is 0.405. The monoisotopic (exact) mass is 702 g/mol. The maximum absolute atomic E-state index is 11.9. The fourth-order valence-electron chi connectivity index (χ4n) is 6.71. The summed E-state index contributed by atoms with van der Waals surface area (Å²) in [7, 11) is 3.15. The summed E-state index contributed by atoms with van der Waals surface area (Å²) in [6.07, 6.45) is 8.84. The Bertz CT molecular complexity index is 1850. The topological polar surface area (TPSA) is 128 Å². The molecule has 1 saturated carbocycles. The third-order valence-corrected chi connectivity index (χ3v) is 10.2. The Labute approximate surface area is 296 Å². The van der Waals surface area contributed by atoms with E-state index in [2.05, 4.69) is 20.6 Å². The first-order valence-electron chi connectivity index (χ1n) is 16.7. The van der Waals surface area contributed by atoms with Gasteiger partial charge in [0, 0.05) is 53.6 Å². The molecule has 2 fully saturated rings. The van der Waals surface area contributed by atoms with E-state index in [9.17, 15) is 9.59 Å². The lowest BCUT2D eigenvalue weighted by Gasteiger charge is -2.15. The number of halogens is 2. The number of rotatable bonds is 13. The van der Waals surface area contributed by atoms with Crippen LogP contribution >= 0.6 is 23.2 Å². The number of ether oxygens (including phenoxy) is 2. The predicted octanol–water partition coefficient (Wildman–Crippen LogP) is 6.90. The van der Waals surface area contributed by atoms with Crippen LogP contribution in [0.15, 0.2) is 48.8 Å². The number of carbonyl (C=O) groups is 2. The van der Waals surface area contributed by atoms with Crippen molar-refractivity contribution < 1.29 is 19.1 Å². The second-order valence-corrected chi connectivity index (χ2v) is 13.5. The number of aryl methyl sites for hydroxylation is 1. The molecule has 1 unspecified atom stereocenters. The summed E-state index contributed by atoms with van der Waals surface area (Å²) in [5, 5.41) is 7.37. The molecule has 0 radical (unpaired) electrons. The van der Waals surface area contributed by atoms with Crippen LogP contribution in [0.3, 0.4) is 0 Å². The first kappa shape index (κ1) is 34.7. The van der Waals surface area contributed by atoms with Gasteiger partial charge in [-0.25, -0.2) is 9.97 Å². The van der Waals surface area contributed by atoms with E-state index in [0.717, 1.165) is 49.0 Å². The summed E-state index contributed by atoms with van der Waals surface area (Å²) in [5.41, 5.74) is 5.43. The number of nitrogens with zero attached hydrogens (tertiary/aromatic N) is 4. The van der Waals surface area contributed by atoms with Crippen molar-refractivity contribution in [1.82, 2.24) is 30.6 Å². The number of methoxy groups -OCH3 is 2. The van der Waals surface area contributed by atoms with Crippen molar-refractivity contribution in [2.75, 3.05) is 20.8 Å². The first-order valence-corrected chi connectivity index (χ1v) is 17.4. The molecule has 12 heteroatoms. The molecule has 0 bridgehead atoms. The van der Waals surface area contributed by atoms with Crippen molar-refractivity contribution in [1.29, 1.82) is 0 Å². The third-order valence-electron chi connectivity index (χ3n) is 9.35. The number of aromatic nitrogens is 4. The fourth-order valence-corrected chi connectivity index (χ4v) is 7.36. The molecule has 0 spiro atoms. The van der Waals surface area contributed by atoms with Crippen LogP contribution in [0.25, 0.3) is 33.6 Å². The predicted molar refractivity (Wildman–Crippen MR) is 190 cm³/mol. The summed E-state index contributed by atoms with van der Waals surface area (Å²) in [4.78, 5) is 42.3.